The minimum absolute atomic E-state index is 0.0523. The molecule has 0 amide bonds. The fourth-order valence-electron chi connectivity index (χ4n) is 2.89. The molecule has 0 radical (unpaired) electrons. The summed E-state index contributed by atoms with van der Waals surface area (Å²) < 4.78 is 16.6. The van der Waals surface area contributed by atoms with E-state index in [0.29, 0.717) is 11.4 Å². The SMILES string of the molecule is O=S(NCCO)c1ccc(-c2ccnc3[nH]c(Cn4ccnn4)cc23)cc1. The van der Waals surface area contributed by atoms with Crippen molar-refractivity contribution in [2.75, 3.05) is 13.2 Å². The number of aromatic nitrogens is 5. The van der Waals surface area contributed by atoms with Crippen LogP contribution in [0.5, 0.6) is 0 Å². The van der Waals surface area contributed by atoms with Crippen LogP contribution < -0.4 is 4.72 Å². The molecule has 3 heterocycles. The van der Waals surface area contributed by atoms with E-state index in [0.717, 1.165) is 27.9 Å². The fraction of sp³-hybridized carbons (Fsp3) is 0.167. The van der Waals surface area contributed by atoms with Gasteiger partial charge in [-0.25, -0.2) is 18.6 Å². The van der Waals surface area contributed by atoms with Gasteiger partial charge in [-0.15, -0.1) is 5.10 Å². The molecular weight excluding hydrogens is 364 g/mol. The van der Waals surface area contributed by atoms with Crippen molar-refractivity contribution >= 4 is 22.0 Å². The van der Waals surface area contributed by atoms with Gasteiger partial charge in [-0.05, 0) is 35.4 Å². The maximum Gasteiger partial charge on any atom is 0.138 e. The largest absolute Gasteiger partial charge is 0.395 e. The van der Waals surface area contributed by atoms with E-state index in [2.05, 4.69) is 31.1 Å². The van der Waals surface area contributed by atoms with Crippen molar-refractivity contribution in [2.24, 2.45) is 0 Å². The Kier molecular flexibility index (Phi) is 5.05. The number of pyridine rings is 1. The third kappa shape index (κ3) is 3.80. The predicted octanol–water partition coefficient (Wildman–Crippen LogP) is 1.47. The van der Waals surface area contributed by atoms with Gasteiger partial charge < -0.3 is 10.1 Å². The van der Waals surface area contributed by atoms with Crippen LogP contribution in [0, 0.1) is 0 Å². The highest BCUT2D eigenvalue weighted by Crippen LogP contribution is 2.28. The first-order chi connectivity index (χ1) is 13.2. The molecule has 0 saturated heterocycles. The van der Waals surface area contributed by atoms with Crippen molar-refractivity contribution in [3.63, 3.8) is 0 Å². The van der Waals surface area contributed by atoms with Crippen molar-refractivity contribution in [3.8, 4) is 11.1 Å². The highest BCUT2D eigenvalue weighted by atomic mass is 32.2. The molecule has 4 rings (SSSR count). The van der Waals surface area contributed by atoms with Gasteiger partial charge in [0, 0.05) is 30.0 Å². The molecule has 1 unspecified atom stereocenters. The van der Waals surface area contributed by atoms with Crippen LogP contribution in [0.3, 0.4) is 0 Å². The molecule has 3 aromatic heterocycles. The summed E-state index contributed by atoms with van der Waals surface area (Å²) in [6, 6.07) is 11.6. The molecule has 3 N–H and O–H groups in total. The van der Waals surface area contributed by atoms with Crippen molar-refractivity contribution in [3.05, 3.63) is 60.7 Å². The molecule has 138 valence electrons. The maximum atomic E-state index is 12.1. The van der Waals surface area contributed by atoms with Crippen LogP contribution >= 0.6 is 0 Å². The summed E-state index contributed by atoms with van der Waals surface area (Å²) in [6.45, 7) is 0.824. The monoisotopic (exact) mass is 382 g/mol. The molecule has 4 aromatic rings. The number of nitrogens with one attached hydrogen (secondary N) is 2. The molecule has 0 spiro atoms. The average molecular weight is 382 g/mol. The van der Waals surface area contributed by atoms with Crippen molar-refractivity contribution in [1.82, 2.24) is 29.7 Å². The van der Waals surface area contributed by atoms with Crippen LogP contribution in [-0.2, 0) is 17.5 Å². The number of aliphatic hydroxyl groups excluding tert-OH is 1. The van der Waals surface area contributed by atoms with Gasteiger partial charge in [-0.1, -0.05) is 17.3 Å². The van der Waals surface area contributed by atoms with E-state index < -0.39 is 11.0 Å². The highest BCUT2D eigenvalue weighted by Gasteiger charge is 2.10. The van der Waals surface area contributed by atoms with E-state index in [9.17, 15) is 4.21 Å². The highest BCUT2D eigenvalue weighted by molar-refractivity contribution is 7.83. The molecule has 1 atom stereocenters. The maximum absolute atomic E-state index is 12.1. The summed E-state index contributed by atoms with van der Waals surface area (Å²) in [5, 5.41) is 17.6. The van der Waals surface area contributed by atoms with E-state index in [1.807, 2.05) is 36.5 Å². The molecule has 0 aliphatic rings. The zero-order valence-corrected chi connectivity index (χ0v) is 15.2. The van der Waals surface area contributed by atoms with E-state index in [-0.39, 0.29) is 13.2 Å². The Morgan fingerprint density at radius 3 is 2.78 bits per heavy atom. The molecule has 9 heteroatoms. The molecular formula is C18H18N6O2S. The number of fused-ring (bicyclic) bond motifs is 1. The molecule has 0 fully saturated rings. The Labute approximate surface area is 157 Å². The van der Waals surface area contributed by atoms with Gasteiger partial charge in [0.15, 0.2) is 0 Å². The second-order valence-corrected chi connectivity index (χ2v) is 7.22. The molecule has 8 nitrogen and oxygen atoms in total. The molecule has 1 aromatic carbocycles. The van der Waals surface area contributed by atoms with Crippen LogP contribution in [0.2, 0.25) is 0 Å². The summed E-state index contributed by atoms with van der Waals surface area (Å²) in [5.41, 5.74) is 3.85. The zero-order chi connectivity index (χ0) is 18.6. The first-order valence-electron chi connectivity index (χ1n) is 8.42. The van der Waals surface area contributed by atoms with Gasteiger partial charge in [0.05, 0.1) is 24.2 Å². The Bertz CT molecular complexity index is 1060. The first-order valence-corrected chi connectivity index (χ1v) is 9.57. The van der Waals surface area contributed by atoms with Gasteiger partial charge in [0.1, 0.15) is 16.6 Å². The number of aromatic amines is 1. The Hall–Kier alpha value is -2.88. The predicted molar refractivity (Wildman–Crippen MR) is 102 cm³/mol. The molecule has 0 saturated carbocycles. The van der Waals surface area contributed by atoms with Crippen LogP contribution in [0.15, 0.2) is 59.9 Å². The molecule has 0 aliphatic carbocycles. The van der Waals surface area contributed by atoms with Crippen molar-refractivity contribution in [2.45, 2.75) is 11.4 Å². The van der Waals surface area contributed by atoms with Crippen LogP contribution in [0.1, 0.15) is 5.69 Å². The lowest BCUT2D eigenvalue weighted by Crippen LogP contribution is -2.20. The second kappa shape index (κ2) is 7.78. The van der Waals surface area contributed by atoms with Gasteiger partial charge >= 0.3 is 0 Å². The van der Waals surface area contributed by atoms with Crippen molar-refractivity contribution < 1.29 is 9.32 Å². The molecule has 0 aliphatic heterocycles. The Morgan fingerprint density at radius 2 is 2.04 bits per heavy atom. The third-order valence-electron chi connectivity index (χ3n) is 4.12. The van der Waals surface area contributed by atoms with E-state index in [1.54, 1.807) is 17.1 Å². The number of benzene rings is 1. The van der Waals surface area contributed by atoms with Crippen LogP contribution in [0.25, 0.3) is 22.2 Å². The smallest absolute Gasteiger partial charge is 0.138 e. The zero-order valence-electron chi connectivity index (χ0n) is 14.4. The summed E-state index contributed by atoms with van der Waals surface area (Å²) in [7, 11) is -1.33. The number of rotatable bonds is 7. The number of hydrogen-bond donors (Lipinski definition) is 3. The lowest BCUT2D eigenvalue weighted by Gasteiger charge is -2.06. The minimum atomic E-state index is -1.33. The minimum Gasteiger partial charge on any atom is -0.395 e. The van der Waals surface area contributed by atoms with Crippen LogP contribution in [0.4, 0.5) is 0 Å². The number of nitrogens with zero attached hydrogens (tertiary/aromatic N) is 4. The standard InChI is InChI=1S/C18H18N6O2S/c25-10-8-21-27(26)15-3-1-13(2-4-15)16-5-6-19-18-17(16)11-14(22-18)12-24-9-7-20-23-24/h1-7,9,11,21,25H,8,10,12H2,(H,19,22). The Morgan fingerprint density at radius 1 is 1.19 bits per heavy atom. The Balaban J connectivity index is 1.63. The topological polar surface area (TPSA) is 109 Å². The lowest BCUT2D eigenvalue weighted by molar-refractivity contribution is 0.302. The van der Waals surface area contributed by atoms with Gasteiger partial charge in [-0.3, -0.25) is 0 Å². The van der Waals surface area contributed by atoms with Gasteiger partial charge in [0.2, 0.25) is 0 Å². The second-order valence-electron chi connectivity index (χ2n) is 5.93. The van der Waals surface area contributed by atoms with E-state index >= 15 is 0 Å². The summed E-state index contributed by atoms with van der Waals surface area (Å²) in [6.07, 6.45) is 5.22. The van der Waals surface area contributed by atoms with E-state index in [1.165, 1.54) is 0 Å². The van der Waals surface area contributed by atoms with Crippen molar-refractivity contribution in [1.29, 1.82) is 0 Å². The number of aliphatic hydroxyl groups is 1. The lowest BCUT2D eigenvalue weighted by atomic mass is 10.0. The van der Waals surface area contributed by atoms with Gasteiger partial charge in [0.25, 0.3) is 0 Å². The summed E-state index contributed by atoms with van der Waals surface area (Å²) >= 11 is 0. The molecule has 27 heavy (non-hydrogen) atoms. The normalized spacial score (nSPS) is 12.5. The van der Waals surface area contributed by atoms with E-state index in [4.69, 9.17) is 5.11 Å². The number of hydrogen-bond acceptors (Lipinski definition) is 5. The number of H-pyrrole nitrogens is 1. The summed E-state index contributed by atoms with van der Waals surface area (Å²) in [4.78, 5) is 8.39. The third-order valence-corrected chi connectivity index (χ3v) is 5.28. The fourth-order valence-corrected chi connectivity index (χ4v) is 3.72. The summed E-state index contributed by atoms with van der Waals surface area (Å²) in [5.74, 6) is 0. The first kappa shape index (κ1) is 17.5. The average Bonchev–Trinajstić information content (AvgIpc) is 3.35. The van der Waals surface area contributed by atoms with Crippen LogP contribution in [-0.4, -0.2) is 47.4 Å². The quantitative estimate of drug-likeness (QED) is 0.449. The van der Waals surface area contributed by atoms with Gasteiger partial charge in [-0.2, -0.15) is 0 Å². The molecule has 0 bridgehead atoms.